The molecular weight excluding hydrogens is 344 g/mol. The molecule has 0 radical (unpaired) electrons. The Morgan fingerprint density at radius 3 is 2.59 bits per heavy atom. The van der Waals surface area contributed by atoms with Crippen LogP contribution in [0.25, 0.3) is 10.8 Å². The molecule has 0 aromatic heterocycles. The molecule has 1 N–H and O–H groups in total. The molecule has 0 fully saturated rings. The third-order valence-electron chi connectivity index (χ3n) is 4.32. The summed E-state index contributed by atoms with van der Waals surface area (Å²) in [7, 11) is 0. The molecule has 0 aliphatic carbocycles. The number of carbonyl (C=O) groups excluding carboxylic acids is 1. The predicted molar refractivity (Wildman–Crippen MR) is 104 cm³/mol. The molecule has 0 aliphatic heterocycles. The van der Waals surface area contributed by atoms with Crippen LogP contribution >= 0.6 is 0 Å². The molecule has 0 saturated carbocycles. The Hall–Kier alpha value is -3.41. The van der Waals surface area contributed by atoms with Gasteiger partial charge in [0.15, 0.2) is 12.4 Å². The van der Waals surface area contributed by atoms with Crippen LogP contribution in [0.2, 0.25) is 0 Å². The Kier molecular flexibility index (Phi) is 5.35. The fraction of sp³-hybridized carbons (Fsp3) is 0.190. The maximum absolute atomic E-state index is 12.2. The minimum atomic E-state index is -0.523. The van der Waals surface area contributed by atoms with Gasteiger partial charge in [-0.25, -0.2) is 0 Å². The Bertz CT molecular complexity index is 1000. The highest BCUT2D eigenvalue weighted by Crippen LogP contribution is 2.27. The standard InChI is InChI=1S/C21H20N2O4/c1-14-7-10-19(23(25)26)20(11-14)27-13-21(24)22-15(2)17-9-8-16-5-3-4-6-18(16)12-17/h3-12,15H,13H2,1-2H3,(H,22,24)/t15-/m0/s1. The molecule has 0 aliphatic rings. The van der Waals surface area contributed by atoms with Crippen LogP contribution in [0.15, 0.2) is 60.7 Å². The second-order valence-corrected chi connectivity index (χ2v) is 6.41. The van der Waals surface area contributed by atoms with Gasteiger partial charge in [-0.15, -0.1) is 0 Å². The van der Waals surface area contributed by atoms with Gasteiger partial charge in [-0.05, 0) is 47.9 Å². The van der Waals surface area contributed by atoms with Gasteiger partial charge in [-0.1, -0.05) is 42.5 Å². The summed E-state index contributed by atoms with van der Waals surface area (Å²) in [5, 5.41) is 16.2. The first-order valence-corrected chi connectivity index (χ1v) is 8.60. The zero-order valence-corrected chi connectivity index (χ0v) is 15.1. The van der Waals surface area contributed by atoms with E-state index in [1.807, 2.05) is 49.4 Å². The van der Waals surface area contributed by atoms with Gasteiger partial charge in [0.1, 0.15) is 0 Å². The molecule has 138 valence electrons. The number of rotatable bonds is 6. The minimum Gasteiger partial charge on any atom is -0.477 e. The van der Waals surface area contributed by atoms with Crippen LogP contribution < -0.4 is 10.1 Å². The van der Waals surface area contributed by atoms with E-state index in [0.717, 1.165) is 21.9 Å². The van der Waals surface area contributed by atoms with Gasteiger partial charge < -0.3 is 10.1 Å². The van der Waals surface area contributed by atoms with Crippen molar-refractivity contribution >= 4 is 22.4 Å². The molecule has 0 saturated heterocycles. The van der Waals surface area contributed by atoms with Crippen molar-refractivity contribution < 1.29 is 14.5 Å². The highest BCUT2D eigenvalue weighted by Gasteiger charge is 2.17. The van der Waals surface area contributed by atoms with E-state index >= 15 is 0 Å². The number of amides is 1. The smallest absolute Gasteiger partial charge is 0.310 e. The molecular formula is C21H20N2O4. The molecule has 3 aromatic rings. The van der Waals surface area contributed by atoms with Crippen molar-refractivity contribution in [2.75, 3.05) is 6.61 Å². The molecule has 6 heteroatoms. The van der Waals surface area contributed by atoms with Crippen molar-refractivity contribution in [3.05, 3.63) is 81.9 Å². The summed E-state index contributed by atoms with van der Waals surface area (Å²) < 4.78 is 5.39. The van der Waals surface area contributed by atoms with Gasteiger partial charge in [0, 0.05) is 6.07 Å². The number of nitrogens with zero attached hydrogens (tertiary/aromatic N) is 1. The number of nitrogens with one attached hydrogen (secondary N) is 1. The molecule has 0 spiro atoms. The lowest BCUT2D eigenvalue weighted by Crippen LogP contribution is -2.31. The van der Waals surface area contributed by atoms with E-state index in [1.54, 1.807) is 19.1 Å². The number of fused-ring (bicyclic) bond motifs is 1. The maximum Gasteiger partial charge on any atom is 0.310 e. The number of nitro groups is 1. The van der Waals surface area contributed by atoms with E-state index in [9.17, 15) is 14.9 Å². The van der Waals surface area contributed by atoms with Gasteiger partial charge in [0.25, 0.3) is 5.91 Å². The summed E-state index contributed by atoms with van der Waals surface area (Å²) in [6, 6.07) is 18.4. The molecule has 6 nitrogen and oxygen atoms in total. The van der Waals surface area contributed by atoms with Crippen molar-refractivity contribution in [3.8, 4) is 5.75 Å². The van der Waals surface area contributed by atoms with Gasteiger partial charge in [0.05, 0.1) is 11.0 Å². The van der Waals surface area contributed by atoms with Crippen LogP contribution in [0.1, 0.15) is 24.1 Å². The van der Waals surface area contributed by atoms with Crippen LogP contribution in [0.5, 0.6) is 5.75 Å². The molecule has 0 unspecified atom stereocenters. The van der Waals surface area contributed by atoms with Crippen LogP contribution in [-0.4, -0.2) is 17.4 Å². The highest BCUT2D eigenvalue weighted by molar-refractivity contribution is 5.83. The molecule has 3 rings (SSSR count). The fourth-order valence-corrected chi connectivity index (χ4v) is 2.87. The number of ether oxygens (including phenoxy) is 1. The Morgan fingerprint density at radius 2 is 1.85 bits per heavy atom. The number of benzene rings is 3. The second-order valence-electron chi connectivity index (χ2n) is 6.41. The summed E-state index contributed by atoms with van der Waals surface area (Å²) in [5.74, 6) is -0.250. The number of hydrogen-bond donors (Lipinski definition) is 1. The summed E-state index contributed by atoms with van der Waals surface area (Å²) in [4.78, 5) is 22.8. The van der Waals surface area contributed by atoms with Gasteiger partial charge in [0.2, 0.25) is 0 Å². The number of carbonyl (C=O) groups is 1. The Balaban J connectivity index is 1.65. The van der Waals surface area contributed by atoms with Crippen molar-refractivity contribution in [2.45, 2.75) is 19.9 Å². The minimum absolute atomic E-state index is 0.0912. The van der Waals surface area contributed by atoms with Gasteiger partial charge in [-0.3, -0.25) is 14.9 Å². The Morgan fingerprint density at radius 1 is 1.11 bits per heavy atom. The second kappa shape index (κ2) is 7.86. The molecule has 1 amide bonds. The zero-order chi connectivity index (χ0) is 19.4. The lowest BCUT2D eigenvalue weighted by atomic mass is 10.0. The largest absolute Gasteiger partial charge is 0.477 e. The monoisotopic (exact) mass is 364 g/mol. The zero-order valence-electron chi connectivity index (χ0n) is 15.1. The van der Waals surface area contributed by atoms with Crippen LogP contribution in [0.4, 0.5) is 5.69 Å². The van der Waals surface area contributed by atoms with Crippen molar-refractivity contribution in [1.82, 2.24) is 5.32 Å². The lowest BCUT2D eigenvalue weighted by molar-refractivity contribution is -0.385. The summed E-state index contributed by atoms with van der Waals surface area (Å²) in [6.45, 7) is 3.40. The molecule has 27 heavy (non-hydrogen) atoms. The van der Waals surface area contributed by atoms with Crippen LogP contribution in [-0.2, 0) is 4.79 Å². The SMILES string of the molecule is Cc1ccc([N+](=O)[O-])c(OCC(=O)N[C@@H](C)c2ccc3ccccc3c2)c1. The summed E-state index contributed by atoms with van der Waals surface area (Å²) in [5.41, 5.74) is 1.64. The number of aryl methyl sites for hydroxylation is 1. The molecule has 0 bridgehead atoms. The maximum atomic E-state index is 12.2. The van der Waals surface area contributed by atoms with Crippen LogP contribution in [0, 0.1) is 17.0 Å². The normalized spacial score (nSPS) is 11.8. The first kappa shape index (κ1) is 18.4. The fourth-order valence-electron chi connectivity index (χ4n) is 2.87. The third kappa shape index (κ3) is 4.41. The van der Waals surface area contributed by atoms with E-state index in [2.05, 4.69) is 5.32 Å². The van der Waals surface area contributed by atoms with E-state index in [4.69, 9.17) is 4.74 Å². The summed E-state index contributed by atoms with van der Waals surface area (Å²) in [6.07, 6.45) is 0. The molecule has 1 atom stereocenters. The average Bonchev–Trinajstić information content (AvgIpc) is 2.65. The average molecular weight is 364 g/mol. The first-order chi connectivity index (χ1) is 12.9. The highest BCUT2D eigenvalue weighted by atomic mass is 16.6. The van der Waals surface area contributed by atoms with Gasteiger partial charge >= 0.3 is 5.69 Å². The van der Waals surface area contributed by atoms with E-state index < -0.39 is 4.92 Å². The lowest BCUT2D eigenvalue weighted by Gasteiger charge is -2.15. The quantitative estimate of drug-likeness (QED) is 0.522. The van der Waals surface area contributed by atoms with E-state index in [-0.39, 0.29) is 30.0 Å². The number of hydrogen-bond acceptors (Lipinski definition) is 4. The van der Waals surface area contributed by atoms with E-state index in [0.29, 0.717) is 0 Å². The molecule has 0 heterocycles. The van der Waals surface area contributed by atoms with Crippen LogP contribution in [0.3, 0.4) is 0 Å². The summed E-state index contributed by atoms with van der Waals surface area (Å²) >= 11 is 0. The van der Waals surface area contributed by atoms with Crippen molar-refractivity contribution in [1.29, 1.82) is 0 Å². The Labute approximate surface area is 156 Å². The topological polar surface area (TPSA) is 81.5 Å². The molecule has 3 aromatic carbocycles. The predicted octanol–water partition coefficient (Wildman–Crippen LogP) is 4.31. The van der Waals surface area contributed by atoms with Crippen molar-refractivity contribution in [3.63, 3.8) is 0 Å². The van der Waals surface area contributed by atoms with Gasteiger partial charge in [-0.2, -0.15) is 0 Å². The van der Waals surface area contributed by atoms with Crippen molar-refractivity contribution in [2.24, 2.45) is 0 Å². The first-order valence-electron chi connectivity index (χ1n) is 8.60. The third-order valence-corrected chi connectivity index (χ3v) is 4.32. The van der Waals surface area contributed by atoms with E-state index in [1.165, 1.54) is 6.07 Å². The number of nitro benzene ring substituents is 1.